The number of unbranched alkanes of at least 4 members (excludes halogenated alkanes) is 3. The Morgan fingerprint density at radius 1 is 1.14 bits per heavy atom. The van der Waals surface area contributed by atoms with Gasteiger partial charge in [0.05, 0.1) is 31.8 Å². The standard InChI is InChI=1S/C28H33FN4O4/c1-28(2,3)25(27(35)36-4)31-26(34)24-22-14-13-21(37-16-8-6-5-7-15-30)17-23(22)33(32-24)18-19-9-11-20(29)12-10-19/h9-14,17,25H,5-8,16,18H2,1-4H3,(H,31,34)/t25-/m1/s1. The van der Waals surface area contributed by atoms with Gasteiger partial charge in [-0.2, -0.15) is 10.4 Å². The van der Waals surface area contributed by atoms with E-state index >= 15 is 0 Å². The van der Waals surface area contributed by atoms with Gasteiger partial charge in [0.1, 0.15) is 17.6 Å². The number of carbonyl (C=O) groups excluding carboxylic acids is 2. The minimum Gasteiger partial charge on any atom is -0.494 e. The second-order valence-corrected chi connectivity index (χ2v) is 9.92. The summed E-state index contributed by atoms with van der Waals surface area (Å²) >= 11 is 0. The molecule has 0 bridgehead atoms. The number of amides is 1. The van der Waals surface area contributed by atoms with Crippen molar-refractivity contribution >= 4 is 22.8 Å². The maximum atomic E-state index is 13.4. The Morgan fingerprint density at radius 2 is 1.86 bits per heavy atom. The molecule has 1 N–H and O–H groups in total. The average molecular weight is 509 g/mol. The van der Waals surface area contributed by atoms with Crippen molar-refractivity contribution in [2.45, 2.75) is 59.0 Å². The lowest BCUT2D eigenvalue weighted by atomic mass is 9.86. The number of nitriles is 1. The number of benzene rings is 2. The van der Waals surface area contributed by atoms with E-state index in [0.29, 0.717) is 36.2 Å². The van der Waals surface area contributed by atoms with Crippen LogP contribution < -0.4 is 10.1 Å². The first-order chi connectivity index (χ1) is 17.6. The summed E-state index contributed by atoms with van der Waals surface area (Å²) in [6, 6.07) is 12.7. The predicted molar refractivity (Wildman–Crippen MR) is 138 cm³/mol. The van der Waals surface area contributed by atoms with Crippen LogP contribution in [-0.2, 0) is 16.1 Å². The van der Waals surface area contributed by atoms with Crippen LogP contribution in [0.2, 0.25) is 0 Å². The Morgan fingerprint density at radius 3 is 2.51 bits per heavy atom. The molecule has 0 aliphatic carbocycles. The summed E-state index contributed by atoms with van der Waals surface area (Å²) in [4.78, 5) is 25.7. The Kier molecular flexibility index (Phi) is 9.23. The highest BCUT2D eigenvalue weighted by molar-refractivity contribution is 6.06. The molecular weight excluding hydrogens is 475 g/mol. The Hall–Kier alpha value is -3.93. The lowest BCUT2D eigenvalue weighted by Gasteiger charge is -2.28. The number of hydrogen-bond donors (Lipinski definition) is 1. The SMILES string of the molecule is COC(=O)[C@@H](NC(=O)c1nn(Cc2ccc(F)cc2)c2cc(OCCCCCC#N)ccc12)C(C)(C)C. The molecule has 0 unspecified atom stereocenters. The fourth-order valence-electron chi connectivity index (χ4n) is 3.91. The van der Waals surface area contributed by atoms with Crippen LogP contribution in [0.4, 0.5) is 4.39 Å². The maximum Gasteiger partial charge on any atom is 0.328 e. The number of carbonyl (C=O) groups is 2. The van der Waals surface area contributed by atoms with Crippen LogP contribution in [0.15, 0.2) is 42.5 Å². The fraction of sp³-hybridized carbons (Fsp3) is 0.429. The molecule has 9 heteroatoms. The van der Waals surface area contributed by atoms with Crippen LogP contribution in [0.1, 0.15) is 62.5 Å². The minimum absolute atomic E-state index is 0.165. The van der Waals surface area contributed by atoms with Gasteiger partial charge in [0.25, 0.3) is 5.91 Å². The smallest absolute Gasteiger partial charge is 0.328 e. The van der Waals surface area contributed by atoms with Crippen molar-refractivity contribution in [1.82, 2.24) is 15.1 Å². The maximum absolute atomic E-state index is 13.4. The monoisotopic (exact) mass is 508 g/mol. The molecule has 3 aromatic rings. The lowest BCUT2D eigenvalue weighted by molar-refractivity contribution is -0.145. The molecule has 0 aliphatic rings. The number of nitrogens with zero attached hydrogens (tertiary/aromatic N) is 3. The van der Waals surface area contributed by atoms with Crippen molar-refractivity contribution in [2.75, 3.05) is 13.7 Å². The summed E-state index contributed by atoms with van der Waals surface area (Å²) in [5, 5.41) is 16.6. The highest BCUT2D eigenvalue weighted by Gasteiger charge is 2.35. The van der Waals surface area contributed by atoms with Crippen LogP contribution >= 0.6 is 0 Å². The lowest BCUT2D eigenvalue weighted by Crippen LogP contribution is -2.49. The van der Waals surface area contributed by atoms with Gasteiger partial charge in [-0.15, -0.1) is 0 Å². The third-order valence-electron chi connectivity index (χ3n) is 5.96. The molecule has 1 atom stereocenters. The van der Waals surface area contributed by atoms with E-state index in [4.69, 9.17) is 14.7 Å². The van der Waals surface area contributed by atoms with E-state index in [9.17, 15) is 14.0 Å². The number of rotatable bonds is 11. The zero-order chi connectivity index (χ0) is 27.0. The molecule has 1 amide bonds. The van der Waals surface area contributed by atoms with Gasteiger partial charge in [0, 0.05) is 17.9 Å². The van der Waals surface area contributed by atoms with Crippen LogP contribution in [0, 0.1) is 22.6 Å². The van der Waals surface area contributed by atoms with Gasteiger partial charge in [-0.05, 0) is 54.5 Å². The van der Waals surface area contributed by atoms with E-state index in [2.05, 4.69) is 16.5 Å². The zero-order valence-corrected chi connectivity index (χ0v) is 21.7. The molecule has 37 heavy (non-hydrogen) atoms. The second-order valence-electron chi connectivity index (χ2n) is 9.92. The Balaban J connectivity index is 1.91. The molecule has 8 nitrogen and oxygen atoms in total. The van der Waals surface area contributed by atoms with E-state index in [-0.39, 0.29) is 11.5 Å². The number of methoxy groups -OCH3 is 1. The number of ether oxygens (including phenoxy) is 2. The quantitative estimate of drug-likeness (QED) is 0.288. The molecule has 0 saturated carbocycles. The molecule has 196 valence electrons. The van der Waals surface area contributed by atoms with Crippen molar-refractivity contribution < 1.29 is 23.5 Å². The number of aromatic nitrogens is 2. The first kappa shape index (κ1) is 27.7. The van der Waals surface area contributed by atoms with Crippen LogP contribution in [-0.4, -0.2) is 41.4 Å². The van der Waals surface area contributed by atoms with Gasteiger partial charge in [0.2, 0.25) is 0 Å². The van der Waals surface area contributed by atoms with Crippen molar-refractivity contribution in [2.24, 2.45) is 5.41 Å². The van der Waals surface area contributed by atoms with Crippen molar-refractivity contribution in [3.05, 3.63) is 59.5 Å². The molecule has 1 aromatic heterocycles. The largest absolute Gasteiger partial charge is 0.494 e. The van der Waals surface area contributed by atoms with E-state index in [1.165, 1.54) is 19.2 Å². The highest BCUT2D eigenvalue weighted by Crippen LogP contribution is 2.27. The summed E-state index contributed by atoms with van der Waals surface area (Å²) in [6.07, 6.45) is 3.09. The Bertz CT molecular complexity index is 1270. The molecular formula is C28H33FN4O4. The minimum atomic E-state index is -0.870. The van der Waals surface area contributed by atoms with Gasteiger partial charge in [-0.25, -0.2) is 9.18 Å². The van der Waals surface area contributed by atoms with Crippen molar-refractivity contribution in [3.8, 4) is 11.8 Å². The second kappa shape index (κ2) is 12.3. The summed E-state index contributed by atoms with van der Waals surface area (Å²) in [6.45, 7) is 6.32. The first-order valence-corrected chi connectivity index (χ1v) is 12.3. The van der Waals surface area contributed by atoms with Crippen LogP contribution in [0.25, 0.3) is 10.9 Å². The molecule has 0 aliphatic heterocycles. The van der Waals surface area contributed by atoms with Gasteiger partial charge in [0.15, 0.2) is 5.69 Å². The third-order valence-corrected chi connectivity index (χ3v) is 5.96. The summed E-state index contributed by atoms with van der Waals surface area (Å²) in [5.74, 6) is -0.751. The zero-order valence-electron chi connectivity index (χ0n) is 21.7. The summed E-state index contributed by atoms with van der Waals surface area (Å²) in [7, 11) is 1.28. The topological polar surface area (TPSA) is 106 Å². The molecule has 0 fully saturated rings. The number of hydrogen-bond acceptors (Lipinski definition) is 6. The molecule has 0 saturated heterocycles. The van der Waals surface area contributed by atoms with Crippen molar-refractivity contribution in [3.63, 3.8) is 0 Å². The molecule has 0 spiro atoms. The average Bonchev–Trinajstić information content (AvgIpc) is 3.22. The van der Waals surface area contributed by atoms with Crippen molar-refractivity contribution in [1.29, 1.82) is 5.26 Å². The normalized spacial score (nSPS) is 12.1. The van der Waals surface area contributed by atoms with E-state index < -0.39 is 23.3 Å². The fourth-order valence-corrected chi connectivity index (χ4v) is 3.91. The summed E-state index contributed by atoms with van der Waals surface area (Å²) in [5.41, 5.74) is 1.06. The Labute approximate surface area is 216 Å². The van der Waals surface area contributed by atoms with E-state index in [1.807, 2.05) is 26.8 Å². The first-order valence-electron chi connectivity index (χ1n) is 12.3. The molecule has 0 radical (unpaired) electrons. The van der Waals surface area contributed by atoms with Crippen LogP contribution in [0.3, 0.4) is 0 Å². The number of fused-ring (bicyclic) bond motifs is 1. The molecule has 3 rings (SSSR count). The molecule has 2 aromatic carbocycles. The predicted octanol–water partition coefficient (Wildman–Crippen LogP) is 5.00. The number of nitrogens with one attached hydrogen (secondary N) is 1. The summed E-state index contributed by atoms with van der Waals surface area (Å²) < 4.78 is 25.9. The van der Waals surface area contributed by atoms with Gasteiger partial charge in [-0.1, -0.05) is 32.9 Å². The van der Waals surface area contributed by atoms with Gasteiger partial charge >= 0.3 is 5.97 Å². The number of halogens is 1. The van der Waals surface area contributed by atoms with E-state index in [1.54, 1.807) is 28.9 Å². The van der Waals surface area contributed by atoms with Crippen LogP contribution in [0.5, 0.6) is 5.75 Å². The van der Waals surface area contributed by atoms with Gasteiger partial charge < -0.3 is 14.8 Å². The highest BCUT2D eigenvalue weighted by atomic mass is 19.1. The molecule has 1 heterocycles. The third kappa shape index (κ3) is 7.29. The number of esters is 1. The van der Waals surface area contributed by atoms with E-state index in [0.717, 1.165) is 24.8 Å². The van der Waals surface area contributed by atoms with Gasteiger partial charge in [-0.3, -0.25) is 9.48 Å².